The van der Waals surface area contributed by atoms with Crippen LogP contribution in [0.1, 0.15) is 30.8 Å². The molecule has 0 fully saturated rings. The summed E-state index contributed by atoms with van der Waals surface area (Å²) in [6, 6.07) is 2.95. The summed E-state index contributed by atoms with van der Waals surface area (Å²) in [5, 5.41) is 0. The fourth-order valence-corrected chi connectivity index (χ4v) is 1.52. The number of anilines is 1. The van der Waals surface area contributed by atoms with Crippen LogP contribution in [0.2, 0.25) is 0 Å². The molecule has 0 aliphatic rings. The number of pyridine rings is 1. The highest BCUT2D eigenvalue weighted by Gasteiger charge is 2.30. The summed E-state index contributed by atoms with van der Waals surface area (Å²) in [5.41, 5.74) is 0.645. The van der Waals surface area contributed by atoms with Crippen LogP contribution in [-0.2, 0) is 0 Å². The first-order valence-corrected chi connectivity index (χ1v) is 5.68. The molecule has 0 saturated carbocycles. The lowest BCUT2D eigenvalue weighted by molar-refractivity contribution is -0.119. The highest BCUT2D eigenvalue weighted by molar-refractivity contribution is 5.94. The molecule has 1 rings (SSSR count). The van der Waals surface area contributed by atoms with Crippen LogP contribution in [0.5, 0.6) is 0 Å². The van der Waals surface area contributed by atoms with E-state index in [0.717, 1.165) is 4.90 Å². The first kappa shape index (κ1) is 14.5. The van der Waals surface area contributed by atoms with Crippen LogP contribution in [0.15, 0.2) is 18.3 Å². The zero-order valence-corrected chi connectivity index (χ0v) is 10.3. The number of alkyl halides is 3. The molecule has 0 radical (unpaired) electrons. The summed E-state index contributed by atoms with van der Waals surface area (Å²) in [6.45, 7) is 2.55. The Morgan fingerprint density at radius 3 is 2.39 bits per heavy atom. The smallest absolute Gasteiger partial charge is 0.362 e. The van der Waals surface area contributed by atoms with Crippen LogP contribution in [0.3, 0.4) is 0 Å². The largest absolute Gasteiger partial charge is 0.405 e. The molecule has 18 heavy (non-hydrogen) atoms. The number of aromatic nitrogens is 1. The van der Waals surface area contributed by atoms with E-state index < -0.39 is 12.7 Å². The lowest BCUT2D eigenvalue weighted by Crippen LogP contribution is -2.34. The second-order valence-corrected chi connectivity index (χ2v) is 3.81. The topological polar surface area (TPSA) is 33.2 Å². The van der Waals surface area contributed by atoms with Crippen molar-refractivity contribution >= 4 is 11.5 Å². The van der Waals surface area contributed by atoms with Gasteiger partial charge in [-0.15, -0.1) is 0 Å². The number of Topliss-reactive ketones (excluding diaryl/α,β-unsaturated/α-hetero) is 1. The van der Waals surface area contributed by atoms with Gasteiger partial charge in [0.25, 0.3) is 0 Å². The van der Waals surface area contributed by atoms with Crippen molar-refractivity contribution in [1.82, 2.24) is 4.98 Å². The Bertz CT molecular complexity index is 401. The highest BCUT2D eigenvalue weighted by atomic mass is 19.4. The Hall–Kier alpha value is -1.59. The van der Waals surface area contributed by atoms with Crippen LogP contribution in [0.4, 0.5) is 18.9 Å². The van der Waals surface area contributed by atoms with E-state index in [1.54, 1.807) is 13.8 Å². The van der Waals surface area contributed by atoms with Gasteiger partial charge in [-0.05, 0) is 19.1 Å². The van der Waals surface area contributed by atoms with Crippen LogP contribution in [-0.4, -0.2) is 30.0 Å². The Labute approximate surface area is 104 Å². The van der Waals surface area contributed by atoms with Crippen molar-refractivity contribution in [3.63, 3.8) is 0 Å². The van der Waals surface area contributed by atoms with E-state index >= 15 is 0 Å². The summed E-state index contributed by atoms with van der Waals surface area (Å²) >= 11 is 0. The van der Waals surface area contributed by atoms with Crippen molar-refractivity contribution in [2.45, 2.75) is 26.4 Å². The van der Waals surface area contributed by atoms with Crippen molar-refractivity contribution in [3.8, 4) is 0 Å². The summed E-state index contributed by atoms with van der Waals surface area (Å²) in [6.07, 6.45) is -2.63. The van der Waals surface area contributed by atoms with Gasteiger partial charge in [-0.1, -0.05) is 6.92 Å². The number of halogens is 3. The van der Waals surface area contributed by atoms with E-state index in [4.69, 9.17) is 0 Å². The number of carbonyl (C=O) groups is 1. The van der Waals surface area contributed by atoms with E-state index in [1.807, 2.05) is 0 Å². The molecule has 100 valence electrons. The fraction of sp³-hybridized carbons (Fsp3) is 0.500. The monoisotopic (exact) mass is 260 g/mol. The van der Waals surface area contributed by atoms with Gasteiger partial charge in [-0.25, -0.2) is 0 Å². The third-order valence-corrected chi connectivity index (χ3v) is 2.47. The molecule has 6 heteroatoms. The minimum absolute atomic E-state index is 0.125. The maximum Gasteiger partial charge on any atom is 0.405 e. The van der Waals surface area contributed by atoms with Gasteiger partial charge in [0.2, 0.25) is 0 Å². The van der Waals surface area contributed by atoms with E-state index in [2.05, 4.69) is 4.98 Å². The van der Waals surface area contributed by atoms with Gasteiger partial charge in [-0.2, -0.15) is 13.2 Å². The molecule has 0 aromatic carbocycles. The maximum atomic E-state index is 12.3. The third-order valence-electron chi connectivity index (χ3n) is 2.47. The van der Waals surface area contributed by atoms with Gasteiger partial charge < -0.3 is 4.90 Å². The van der Waals surface area contributed by atoms with E-state index in [1.165, 1.54) is 18.3 Å². The van der Waals surface area contributed by atoms with Crippen LogP contribution < -0.4 is 4.90 Å². The molecule has 1 aromatic heterocycles. The maximum absolute atomic E-state index is 12.3. The van der Waals surface area contributed by atoms with Gasteiger partial charge >= 0.3 is 6.18 Å². The average molecular weight is 260 g/mol. The summed E-state index contributed by atoms with van der Waals surface area (Å²) in [7, 11) is 0. The lowest BCUT2D eigenvalue weighted by atomic mass is 10.2. The quantitative estimate of drug-likeness (QED) is 0.763. The standard InChI is InChI=1S/C12H15F3N2O/c1-3-11(18)10-6-5-9(7-16-10)17(4-2)8-12(13,14)15/h5-7H,3-4,8H2,1-2H3. The minimum Gasteiger partial charge on any atom is -0.362 e. The van der Waals surface area contributed by atoms with Gasteiger partial charge in [0.1, 0.15) is 12.2 Å². The molecule has 0 N–H and O–H groups in total. The minimum atomic E-state index is -4.26. The lowest BCUT2D eigenvalue weighted by Gasteiger charge is -2.24. The molecular weight excluding hydrogens is 245 g/mol. The van der Waals surface area contributed by atoms with E-state index in [9.17, 15) is 18.0 Å². The van der Waals surface area contributed by atoms with E-state index in [0.29, 0.717) is 12.1 Å². The van der Waals surface area contributed by atoms with Crippen LogP contribution in [0.25, 0.3) is 0 Å². The Kier molecular flexibility index (Phi) is 4.69. The predicted octanol–water partition coefficient (Wildman–Crippen LogP) is 3.06. The first-order valence-electron chi connectivity index (χ1n) is 5.68. The molecule has 0 spiro atoms. The van der Waals surface area contributed by atoms with Gasteiger partial charge in [0, 0.05) is 13.0 Å². The fourth-order valence-electron chi connectivity index (χ4n) is 1.52. The summed E-state index contributed by atoms with van der Waals surface area (Å²) < 4.78 is 37.0. The average Bonchev–Trinajstić information content (AvgIpc) is 2.34. The number of rotatable bonds is 5. The number of ketones is 1. The summed E-state index contributed by atoms with van der Waals surface area (Å²) in [4.78, 5) is 16.4. The molecule has 1 heterocycles. The zero-order chi connectivity index (χ0) is 13.8. The second-order valence-electron chi connectivity index (χ2n) is 3.81. The molecule has 0 aliphatic heterocycles. The van der Waals surface area contributed by atoms with Crippen LogP contribution >= 0.6 is 0 Å². The van der Waals surface area contributed by atoms with Crippen LogP contribution in [0, 0.1) is 0 Å². The molecule has 0 saturated heterocycles. The van der Waals surface area contributed by atoms with Gasteiger partial charge in [0.05, 0.1) is 11.9 Å². The Balaban J connectivity index is 2.85. The highest BCUT2D eigenvalue weighted by Crippen LogP contribution is 2.21. The zero-order valence-electron chi connectivity index (χ0n) is 10.3. The molecule has 0 unspecified atom stereocenters. The second kappa shape index (κ2) is 5.84. The number of hydrogen-bond acceptors (Lipinski definition) is 3. The third kappa shape index (κ3) is 4.01. The molecule has 0 bridgehead atoms. The number of nitrogens with zero attached hydrogens (tertiary/aromatic N) is 2. The summed E-state index contributed by atoms with van der Waals surface area (Å²) in [5.74, 6) is -0.125. The van der Waals surface area contributed by atoms with E-state index in [-0.39, 0.29) is 18.0 Å². The van der Waals surface area contributed by atoms with Crippen molar-refractivity contribution in [2.75, 3.05) is 18.0 Å². The Morgan fingerprint density at radius 2 is 2.00 bits per heavy atom. The van der Waals surface area contributed by atoms with Crippen molar-refractivity contribution in [2.24, 2.45) is 0 Å². The van der Waals surface area contributed by atoms with Crippen molar-refractivity contribution in [1.29, 1.82) is 0 Å². The normalized spacial score (nSPS) is 11.4. The van der Waals surface area contributed by atoms with Gasteiger partial charge in [-0.3, -0.25) is 9.78 Å². The first-order chi connectivity index (χ1) is 8.37. The van der Waals surface area contributed by atoms with Gasteiger partial charge in [0.15, 0.2) is 5.78 Å². The number of hydrogen-bond donors (Lipinski definition) is 0. The Morgan fingerprint density at radius 1 is 1.33 bits per heavy atom. The molecule has 0 amide bonds. The molecule has 3 nitrogen and oxygen atoms in total. The SMILES string of the molecule is CCC(=O)c1ccc(N(CC)CC(F)(F)F)cn1. The number of carbonyl (C=O) groups excluding carboxylic acids is 1. The molecule has 0 aliphatic carbocycles. The van der Waals surface area contributed by atoms with Crippen molar-refractivity contribution in [3.05, 3.63) is 24.0 Å². The predicted molar refractivity (Wildman–Crippen MR) is 62.8 cm³/mol. The molecule has 1 aromatic rings. The van der Waals surface area contributed by atoms with Crippen molar-refractivity contribution < 1.29 is 18.0 Å². The molecule has 0 atom stereocenters. The molecular formula is C12H15F3N2O.